The number of hydrogen-bond acceptors (Lipinski definition) is 12. The van der Waals surface area contributed by atoms with Gasteiger partial charge in [-0.05, 0) is 85.3 Å². The average Bonchev–Trinajstić information content (AvgIpc) is 3.57. The van der Waals surface area contributed by atoms with E-state index in [0.717, 1.165) is 46.6 Å². The number of fused-ring (bicyclic) bond motifs is 3. The Morgan fingerprint density at radius 3 is 0.984 bits per heavy atom. The highest BCUT2D eigenvalue weighted by Crippen LogP contribution is 2.57. The number of rotatable bonds is 22. The van der Waals surface area contributed by atoms with Crippen molar-refractivity contribution in [1.82, 2.24) is 0 Å². The number of carbonyl (C=O) groups is 4. The van der Waals surface area contributed by atoms with Crippen molar-refractivity contribution in [2.75, 3.05) is 26.4 Å². The molecule has 12 heteroatoms. The summed E-state index contributed by atoms with van der Waals surface area (Å²) in [6.45, 7) is 20.7. The Morgan fingerprint density at radius 2 is 0.721 bits per heavy atom. The molecule has 0 spiro atoms. The van der Waals surface area contributed by atoms with Gasteiger partial charge in [0.15, 0.2) is 0 Å². The van der Waals surface area contributed by atoms with Crippen LogP contribution >= 0.6 is 0 Å². The minimum atomic E-state index is -1.09. The number of hydrogen-bond donors (Lipinski definition) is 0. The lowest BCUT2D eigenvalue weighted by atomic mass is 9.67. The lowest BCUT2D eigenvalue weighted by Gasteiger charge is -2.35. The second kappa shape index (κ2) is 20.7. The van der Waals surface area contributed by atoms with Crippen LogP contribution < -0.4 is 18.9 Å². The third kappa shape index (κ3) is 11.2. The molecule has 0 saturated heterocycles. The van der Waals surface area contributed by atoms with E-state index in [1.807, 2.05) is 48.5 Å². The molecule has 12 nitrogen and oxygen atoms in total. The smallest absolute Gasteiger partial charge is 0.330 e. The van der Waals surface area contributed by atoms with Crippen molar-refractivity contribution in [2.24, 2.45) is 0 Å². The molecule has 1 aliphatic carbocycles. The Morgan fingerprint density at radius 1 is 0.459 bits per heavy atom. The van der Waals surface area contributed by atoms with E-state index in [4.69, 9.17) is 37.9 Å². The van der Waals surface area contributed by atoms with Gasteiger partial charge in [-0.2, -0.15) is 0 Å². The summed E-state index contributed by atoms with van der Waals surface area (Å²) in [6, 6.07) is 27.1. The monoisotopic (exact) mass is 830 g/mol. The van der Waals surface area contributed by atoms with Crippen LogP contribution in [0.25, 0.3) is 11.1 Å². The molecule has 0 N–H and O–H groups in total. The fourth-order valence-electron chi connectivity index (χ4n) is 6.91. The Hall–Kier alpha value is -7.08. The van der Waals surface area contributed by atoms with Crippen LogP contribution in [0.3, 0.4) is 0 Å². The molecule has 0 fully saturated rings. The molecule has 4 aromatic rings. The van der Waals surface area contributed by atoms with Crippen LogP contribution in [0.2, 0.25) is 0 Å². The van der Waals surface area contributed by atoms with Gasteiger partial charge in [0.05, 0.1) is 5.41 Å². The summed E-state index contributed by atoms with van der Waals surface area (Å²) in [5, 5.41) is 0. The molecule has 4 aromatic carbocycles. The summed E-state index contributed by atoms with van der Waals surface area (Å²) >= 11 is 0. The number of carbonyl (C=O) groups excluding carboxylic acids is 4. The van der Waals surface area contributed by atoms with E-state index < -0.39 is 53.7 Å². The van der Waals surface area contributed by atoms with E-state index in [2.05, 4.69) is 50.6 Å². The second-order valence-corrected chi connectivity index (χ2v) is 14.3. The molecular formula is C49H50O12. The minimum absolute atomic E-state index is 0.000531. The van der Waals surface area contributed by atoms with E-state index in [-0.39, 0.29) is 26.4 Å². The summed E-state index contributed by atoms with van der Waals surface area (Å²) in [5.41, 5.74) is 4.14. The van der Waals surface area contributed by atoms with Crippen molar-refractivity contribution >= 4 is 23.9 Å². The third-order valence-electron chi connectivity index (χ3n) is 9.45. The summed E-state index contributed by atoms with van der Waals surface area (Å²) < 4.78 is 46.8. The third-order valence-corrected chi connectivity index (χ3v) is 9.45. The molecule has 4 atom stereocenters. The highest BCUT2D eigenvalue weighted by atomic mass is 16.6. The number of benzene rings is 4. The van der Waals surface area contributed by atoms with Crippen molar-refractivity contribution in [1.29, 1.82) is 0 Å². The first-order chi connectivity index (χ1) is 29.3. The van der Waals surface area contributed by atoms with Crippen molar-refractivity contribution in [3.8, 4) is 34.1 Å². The minimum Gasteiger partial charge on any atom is -0.490 e. The van der Waals surface area contributed by atoms with Gasteiger partial charge in [0.25, 0.3) is 0 Å². The summed E-state index contributed by atoms with van der Waals surface area (Å²) in [6.07, 6.45) is 1.81. The van der Waals surface area contributed by atoms with E-state index in [1.54, 1.807) is 39.8 Å². The van der Waals surface area contributed by atoms with Crippen LogP contribution in [0.1, 0.15) is 49.9 Å². The van der Waals surface area contributed by atoms with E-state index in [0.29, 0.717) is 34.1 Å². The molecule has 5 rings (SSSR count). The molecule has 318 valence electrons. The lowest BCUT2D eigenvalue weighted by Crippen LogP contribution is -2.29. The zero-order valence-electron chi connectivity index (χ0n) is 34.8. The van der Waals surface area contributed by atoms with Crippen LogP contribution in [0.5, 0.6) is 23.0 Å². The van der Waals surface area contributed by atoms with Gasteiger partial charge in [0.2, 0.25) is 0 Å². The molecule has 0 aliphatic heterocycles. The van der Waals surface area contributed by atoms with Gasteiger partial charge in [0, 0.05) is 36.4 Å². The Labute approximate surface area is 356 Å². The Bertz CT molecular complexity index is 2020. The normalized spacial score (nSPS) is 13.9. The maximum absolute atomic E-state index is 12.0. The van der Waals surface area contributed by atoms with E-state index in [9.17, 15) is 19.2 Å². The molecule has 61 heavy (non-hydrogen) atoms. The van der Waals surface area contributed by atoms with Crippen LogP contribution in [0, 0.1) is 0 Å². The average molecular weight is 831 g/mol. The SMILES string of the molecule is C=CC(=O)OC(C)COc1cc(OCC(C)OC(=O)C=C)cc(C2(c3cc(OCC(C)OC(=O)C=C)cc(OCC(C)OC(=O)C=C)c3)c3ccccc3-c3ccccc32)c1. The van der Waals surface area contributed by atoms with Crippen molar-refractivity contribution in [3.63, 3.8) is 0 Å². The van der Waals surface area contributed by atoms with Crippen LogP contribution in [0.15, 0.2) is 136 Å². The molecular weight excluding hydrogens is 781 g/mol. The highest BCUT2D eigenvalue weighted by Gasteiger charge is 2.47. The molecule has 0 radical (unpaired) electrons. The zero-order valence-corrected chi connectivity index (χ0v) is 34.8. The Kier molecular flexibility index (Phi) is 15.3. The van der Waals surface area contributed by atoms with Gasteiger partial charge in [-0.3, -0.25) is 0 Å². The number of esters is 4. The zero-order chi connectivity index (χ0) is 44.1. The fraction of sp³-hybridized carbons (Fsp3) is 0.265. The first-order valence-electron chi connectivity index (χ1n) is 19.6. The standard InChI is InChI=1S/C49H50O12/c1-9-45(50)58-31(5)27-54-37-21-35(22-38(25-37)55-28-32(6)59-46(51)10-2)49(43-19-15-13-17-41(43)42-18-14-16-20-44(42)49)36-23-39(56-29-33(7)60-47(52)11-3)26-40(24-36)57-30-34(8)61-48(53)12-4/h9-26,31-34H,1-4,27-30H2,5-8H3. The van der Waals surface area contributed by atoms with Gasteiger partial charge < -0.3 is 37.9 Å². The van der Waals surface area contributed by atoms with E-state index >= 15 is 0 Å². The van der Waals surface area contributed by atoms with Gasteiger partial charge in [-0.25, -0.2) is 19.2 Å². The van der Waals surface area contributed by atoms with Gasteiger partial charge in [-0.15, -0.1) is 0 Å². The summed E-state index contributed by atoms with van der Waals surface area (Å²) in [7, 11) is 0. The second-order valence-electron chi connectivity index (χ2n) is 14.3. The Balaban J connectivity index is 1.73. The largest absolute Gasteiger partial charge is 0.490 e. The molecule has 0 amide bonds. The van der Waals surface area contributed by atoms with E-state index in [1.165, 1.54) is 0 Å². The quantitative estimate of drug-likeness (QED) is 0.0379. The number of ether oxygens (including phenoxy) is 8. The first kappa shape index (κ1) is 45.0. The summed E-state index contributed by atoms with van der Waals surface area (Å²) in [5.74, 6) is -0.769. The summed E-state index contributed by atoms with van der Waals surface area (Å²) in [4.78, 5) is 48.0. The highest BCUT2D eigenvalue weighted by molar-refractivity contribution is 5.87. The van der Waals surface area contributed by atoms with Crippen molar-refractivity contribution < 1.29 is 57.1 Å². The van der Waals surface area contributed by atoms with Crippen LogP contribution in [-0.4, -0.2) is 74.7 Å². The van der Waals surface area contributed by atoms with Crippen LogP contribution in [-0.2, 0) is 43.5 Å². The molecule has 1 aliphatic rings. The fourth-order valence-corrected chi connectivity index (χ4v) is 6.91. The van der Waals surface area contributed by atoms with Gasteiger partial charge in [-0.1, -0.05) is 74.8 Å². The topological polar surface area (TPSA) is 142 Å². The van der Waals surface area contributed by atoms with Crippen molar-refractivity contribution in [2.45, 2.75) is 57.5 Å². The lowest BCUT2D eigenvalue weighted by molar-refractivity contribution is -0.144. The maximum Gasteiger partial charge on any atom is 0.330 e. The van der Waals surface area contributed by atoms with Gasteiger partial charge >= 0.3 is 23.9 Å². The molecule has 0 bridgehead atoms. The van der Waals surface area contributed by atoms with Crippen molar-refractivity contribution in [3.05, 3.63) is 158 Å². The molecule has 0 saturated carbocycles. The molecule has 4 unspecified atom stereocenters. The van der Waals surface area contributed by atoms with Gasteiger partial charge in [0.1, 0.15) is 73.8 Å². The molecule has 0 aromatic heterocycles. The predicted molar refractivity (Wildman–Crippen MR) is 229 cm³/mol. The first-order valence-corrected chi connectivity index (χ1v) is 19.6. The maximum atomic E-state index is 12.0. The van der Waals surface area contributed by atoms with Crippen LogP contribution in [0.4, 0.5) is 0 Å². The predicted octanol–water partition coefficient (Wildman–Crippen LogP) is 8.04. The molecule has 0 heterocycles.